The minimum Gasteiger partial charge on any atom is -0.363 e. The molecular formula is C22H28N8. The fourth-order valence-electron chi connectivity index (χ4n) is 4.81. The lowest BCUT2D eigenvalue weighted by atomic mass is 10.0. The molecule has 2 aliphatic rings. The molecule has 30 heavy (non-hydrogen) atoms. The Labute approximate surface area is 177 Å². The Morgan fingerprint density at radius 1 is 1.13 bits per heavy atom. The third-order valence-corrected chi connectivity index (χ3v) is 6.29. The summed E-state index contributed by atoms with van der Waals surface area (Å²) in [7, 11) is 3.98. The maximum atomic E-state index is 5.12. The summed E-state index contributed by atoms with van der Waals surface area (Å²) in [5, 5.41) is 8.93. The van der Waals surface area contributed by atoms with Crippen molar-refractivity contribution >= 4 is 11.6 Å². The monoisotopic (exact) mass is 404 g/mol. The van der Waals surface area contributed by atoms with Crippen molar-refractivity contribution in [1.82, 2.24) is 29.7 Å². The summed E-state index contributed by atoms with van der Waals surface area (Å²) in [6.45, 7) is 4.22. The quantitative estimate of drug-likeness (QED) is 0.656. The van der Waals surface area contributed by atoms with E-state index in [-0.39, 0.29) is 6.04 Å². The summed E-state index contributed by atoms with van der Waals surface area (Å²) in [5.74, 6) is 4.50. The van der Waals surface area contributed by atoms with Gasteiger partial charge < -0.3 is 9.80 Å². The number of aryl methyl sites for hydroxylation is 1. The molecule has 1 atom stereocenters. The van der Waals surface area contributed by atoms with Gasteiger partial charge in [-0.25, -0.2) is 15.0 Å². The maximum absolute atomic E-state index is 5.12. The Morgan fingerprint density at radius 3 is 2.67 bits per heavy atom. The average Bonchev–Trinajstić information content (AvgIpc) is 3.42. The second-order valence-corrected chi connectivity index (χ2v) is 8.41. The lowest BCUT2D eigenvalue weighted by Gasteiger charge is -2.41. The summed E-state index contributed by atoms with van der Waals surface area (Å²) < 4.78 is 2.14. The summed E-state index contributed by atoms with van der Waals surface area (Å²) >= 11 is 0. The smallest absolute Gasteiger partial charge is 0.161 e. The molecule has 0 radical (unpaired) electrons. The van der Waals surface area contributed by atoms with Crippen LogP contribution >= 0.6 is 0 Å². The first kappa shape index (κ1) is 19.0. The zero-order valence-corrected chi connectivity index (χ0v) is 18.1. The maximum Gasteiger partial charge on any atom is 0.161 e. The SMILES string of the molecule is CCC1c2nnc(C)n2-c2cnc(-c3ccnc(N(C)C)c3)nc2N1C1CCCC1. The molecule has 1 aliphatic heterocycles. The molecule has 1 aliphatic carbocycles. The fourth-order valence-corrected chi connectivity index (χ4v) is 4.81. The van der Waals surface area contributed by atoms with Gasteiger partial charge in [-0.15, -0.1) is 10.2 Å². The van der Waals surface area contributed by atoms with Gasteiger partial charge in [-0.2, -0.15) is 0 Å². The van der Waals surface area contributed by atoms with Gasteiger partial charge in [-0.1, -0.05) is 19.8 Å². The Kier molecular flexibility index (Phi) is 4.64. The van der Waals surface area contributed by atoms with Crippen LogP contribution in [-0.4, -0.2) is 49.9 Å². The first-order chi connectivity index (χ1) is 14.6. The molecule has 1 unspecified atom stereocenters. The number of hydrogen-bond acceptors (Lipinski definition) is 7. The second kappa shape index (κ2) is 7.34. The average molecular weight is 405 g/mol. The van der Waals surface area contributed by atoms with E-state index in [0.717, 1.165) is 46.8 Å². The number of hydrogen-bond donors (Lipinski definition) is 0. The van der Waals surface area contributed by atoms with Crippen molar-refractivity contribution in [3.8, 4) is 17.1 Å². The highest BCUT2D eigenvalue weighted by molar-refractivity contribution is 5.68. The predicted molar refractivity (Wildman–Crippen MR) is 117 cm³/mol. The molecule has 3 aromatic rings. The van der Waals surface area contributed by atoms with Gasteiger partial charge in [-0.3, -0.25) is 4.57 Å². The van der Waals surface area contributed by atoms with Gasteiger partial charge in [-0.05, 0) is 38.3 Å². The summed E-state index contributed by atoms with van der Waals surface area (Å²) in [6.07, 6.45) is 9.65. The van der Waals surface area contributed by atoms with Gasteiger partial charge in [0.05, 0.1) is 12.2 Å². The molecule has 3 aromatic heterocycles. The number of anilines is 2. The van der Waals surface area contributed by atoms with Crippen LogP contribution in [0.25, 0.3) is 17.1 Å². The third-order valence-electron chi connectivity index (χ3n) is 6.29. The van der Waals surface area contributed by atoms with Gasteiger partial charge in [0.25, 0.3) is 0 Å². The first-order valence-electron chi connectivity index (χ1n) is 10.8. The highest BCUT2D eigenvalue weighted by atomic mass is 15.4. The molecule has 1 fully saturated rings. The fraction of sp³-hybridized carbons (Fsp3) is 0.500. The highest BCUT2D eigenvalue weighted by Gasteiger charge is 2.39. The lowest BCUT2D eigenvalue weighted by Crippen LogP contribution is -2.42. The lowest BCUT2D eigenvalue weighted by molar-refractivity contribution is 0.468. The van der Waals surface area contributed by atoms with Crippen LogP contribution in [0.1, 0.15) is 56.7 Å². The Bertz CT molecular complexity index is 1070. The molecule has 0 saturated heterocycles. The molecule has 0 bridgehead atoms. The predicted octanol–water partition coefficient (Wildman–Crippen LogP) is 3.71. The van der Waals surface area contributed by atoms with Crippen LogP contribution < -0.4 is 9.80 Å². The van der Waals surface area contributed by atoms with Gasteiger partial charge >= 0.3 is 0 Å². The van der Waals surface area contributed by atoms with Crippen molar-refractivity contribution in [2.75, 3.05) is 23.9 Å². The van der Waals surface area contributed by atoms with Crippen LogP contribution in [0.2, 0.25) is 0 Å². The Balaban J connectivity index is 1.68. The number of pyridine rings is 1. The van der Waals surface area contributed by atoms with Crippen molar-refractivity contribution in [2.45, 2.75) is 58.0 Å². The largest absolute Gasteiger partial charge is 0.363 e. The van der Waals surface area contributed by atoms with Crippen LogP contribution in [0.4, 0.5) is 11.6 Å². The van der Waals surface area contributed by atoms with Crippen molar-refractivity contribution in [2.24, 2.45) is 0 Å². The van der Waals surface area contributed by atoms with Crippen molar-refractivity contribution < 1.29 is 0 Å². The van der Waals surface area contributed by atoms with Gasteiger partial charge in [0.1, 0.15) is 17.3 Å². The van der Waals surface area contributed by atoms with Crippen molar-refractivity contribution in [3.63, 3.8) is 0 Å². The van der Waals surface area contributed by atoms with Crippen LogP contribution in [0, 0.1) is 6.92 Å². The molecule has 0 N–H and O–H groups in total. The Morgan fingerprint density at radius 2 is 1.93 bits per heavy atom. The normalized spacial score (nSPS) is 18.4. The van der Waals surface area contributed by atoms with E-state index in [2.05, 4.69) is 31.6 Å². The van der Waals surface area contributed by atoms with E-state index in [1.54, 1.807) is 0 Å². The number of nitrogens with zero attached hydrogens (tertiary/aromatic N) is 8. The van der Waals surface area contributed by atoms with Crippen molar-refractivity contribution in [3.05, 3.63) is 36.2 Å². The summed E-state index contributed by atoms with van der Waals surface area (Å²) in [6, 6.07) is 4.68. The van der Waals surface area contributed by atoms with Crippen LogP contribution in [0.3, 0.4) is 0 Å². The van der Waals surface area contributed by atoms with E-state index in [4.69, 9.17) is 9.97 Å². The highest BCUT2D eigenvalue weighted by Crippen LogP contribution is 2.43. The first-order valence-corrected chi connectivity index (χ1v) is 10.8. The van der Waals surface area contributed by atoms with Gasteiger partial charge in [0, 0.05) is 31.9 Å². The standard InChI is InChI=1S/C22H28N8/c1-5-17-22-27-26-14(2)29(22)18-13-24-20(15-10-11-23-19(12-15)28(3)4)25-21(18)30(17)16-8-6-7-9-16/h10-13,16-17H,5-9H2,1-4H3. The molecule has 156 valence electrons. The molecule has 0 aromatic carbocycles. The molecule has 8 heteroatoms. The van der Waals surface area contributed by atoms with E-state index < -0.39 is 0 Å². The van der Waals surface area contributed by atoms with Crippen LogP contribution in [-0.2, 0) is 0 Å². The van der Waals surface area contributed by atoms with E-state index in [0.29, 0.717) is 6.04 Å². The van der Waals surface area contributed by atoms with Crippen LogP contribution in [0.15, 0.2) is 24.5 Å². The molecular weight excluding hydrogens is 376 g/mol. The molecule has 8 nitrogen and oxygen atoms in total. The minimum absolute atomic E-state index is 0.180. The zero-order chi connectivity index (χ0) is 20.8. The van der Waals surface area contributed by atoms with Gasteiger partial charge in [0.15, 0.2) is 17.5 Å². The second-order valence-electron chi connectivity index (χ2n) is 8.41. The molecule has 0 amide bonds. The number of fused-ring (bicyclic) bond motifs is 3. The van der Waals surface area contributed by atoms with Gasteiger partial charge in [0.2, 0.25) is 0 Å². The van der Waals surface area contributed by atoms with E-state index in [1.165, 1.54) is 25.7 Å². The van der Waals surface area contributed by atoms with Crippen molar-refractivity contribution in [1.29, 1.82) is 0 Å². The molecule has 0 spiro atoms. The zero-order valence-electron chi connectivity index (χ0n) is 18.1. The summed E-state index contributed by atoms with van der Waals surface area (Å²) in [5.41, 5.74) is 1.96. The summed E-state index contributed by atoms with van der Waals surface area (Å²) in [4.78, 5) is 18.8. The van der Waals surface area contributed by atoms with E-state index >= 15 is 0 Å². The third kappa shape index (κ3) is 2.93. The molecule has 5 rings (SSSR count). The molecule has 1 saturated carbocycles. The Hall–Kier alpha value is -3.03. The van der Waals surface area contributed by atoms with E-state index in [1.807, 2.05) is 50.4 Å². The minimum atomic E-state index is 0.180. The number of aromatic nitrogens is 6. The number of rotatable bonds is 4. The topological polar surface area (TPSA) is 75.9 Å². The van der Waals surface area contributed by atoms with Crippen LogP contribution in [0.5, 0.6) is 0 Å². The van der Waals surface area contributed by atoms with E-state index in [9.17, 15) is 0 Å². The molecule has 4 heterocycles.